The molecule has 0 unspecified atom stereocenters. The van der Waals surface area contributed by atoms with Crippen LogP contribution in [0.5, 0.6) is 0 Å². The zero-order valence-electron chi connectivity index (χ0n) is 19.0. The van der Waals surface area contributed by atoms with Crippen molar-refractivity contribution in [1.82, 2.24) is 19.8 Å². The first kappa shape index (κ1) is 22.3. The Morgan fingerprint density at radius 1 is 1.16 bits per heavy atom. The molecule has 2 saturated heterocycles. The summed E-state index contributed by atoms with van der Waals surface area (Å²) in [5.74, 6) is 0.882. The lowest BCUT2D eigenvalue weighted by molar-refractivity contribution is 0.0201. The normalized spacial score (nSPS) is 22.2. The number of amides is 2. The van der Waals surface area contributed by atoms with Crippen LogP contribution in [-0.2, 0) is 4.74 Å². The quantitative estimate of drug-likeness (QED) is 0.761. The van der Waals surface area contributed by atoms with E-state index in [0.29, 0.717) is 36.9 Å². The van der Waals surface area contributed by atoms with Crippen LogP contribution in [0.1, 0.15) is 73.9 Å². The zero-order valence-corrected chi connectivity index (χ0v) is 19.0. The summed E-state index contributed by atoms with van der Waals surface area (Å²) in [4.78, 5) is 36.5. The number of aromatic amines is 1. The Bertz CT molecular complexity index is 944. The van der Waals surface area contributed by atoms with Crippen molar-refractivity contribution in [2.45, 2.75) is 63.7 Å². The van der Waals surface area contributed by atoms with Crippen LogP contribution in [0.3, 0.4) is 0 Å². The van der Waals surface area contributed by atoms with Crippen LogP contribution in [-0.4, -0.2) is 68.2 Å². The van der Waals surface area contributed by atoms with Crippen LogP contribution < -0.4 is 0 Å². The molecule has 2 fully saturated rings. The molecule has 0 radical (unpaired) electrons. The van der Waals surface area contributed by atoms with Crippen LogP contribution in [0.15, 0.2) is 36.5 Å². The highest BCUT2D eigenvalue weighted by atomic mass is 16.6. The second kappa shape index (κ2) is 8.94. The van der Waals surface area contributed by atoms with Gasteiger partial charge in [0.2, 0.25) is 0 Å². The minimum atomic E-state index is -0.659. The molecule has 2 atom stereocenters. The Hall–Kier alpha value is -2.87. The van der Waals surface area contributed by atoms with E-state index in [9.17, 15) is 14.7 Å². The SMILES string of the molecule is CC(C)(C)OC(=O)N1C[C@H](O)C[C@H]1c1ncc(C(=O)N2CCC(c3ccccc3)CC2)[nH]1. The van der Waals surface area contributed by atoms with Gasteiger partial charge in [0.15, 0.2) is 0 Å². The van der Waals surface area contributed by atoms with Crippen LogP contribution in [0, 0.1) is 0 Å². The molecule has 4 rings (SSSR count). The number of rotatable bonds is 3. The highest BCUT2D eigenvalue weighted by molar-refractivity contribution is 5.92. The number of likely N-dealkylation sites (tertiary alicyclic amines) is 2. The van der Waals surface area contributed by atoms with Crippen LogP contribution >= 0.6 is 0 Å². The van der Waals surface area contributed by atoms with Gasteiger partial charge in [0, 0.05) is 19.5 Å². The zero-order chi connectivity index (χ0) is 22.9. The number of H-pyrrole nitrogens is 1. The van der Waals surface area contributed by atoms with E-state index in [1.54, 1.807) is 20.8 Å². The number of benzene rings is 1. The Kier molecular flexibility index (Phi) is 6.24. The summed E-state index contributed by atoms with van der Waals surface area (Å²) in [5, 5.41) is 10.2. The molecule has 32 heavy (non-hydrogen) atoms. The lowest BCUT2D eigenvalue weighted by atomic mass is 9.89. The lowest BCUT2D eigenvalue weighted by Gasteiger charge is -2.32. The smallest absolute Gasteiger partial charge is 0.411 e. The minimum Gasteiger partial charge on any atom is -0.444 e. The van der Waals surface area contributed by atoms with Crippen molar-refractivity contribution in [3.63, 3.8) is 0 Å². The van der Waals surface area contributed by atoms with E-state index in [1.807, 2.05) is 11.0 Å². The van der Waals surface area contributed by atoms with Crippen molar-refractivity contribution < 1.29 is 19.4 Å². The van der Waals surface area contributed by atoms with Gasteiger partial charge in [0.1, 0.15) is 17.1 Å². The fourth-order valence-electron chi connectivity index (χ4n) is 4.52. The highest BCUT2D eigenvalue weighted by Gasteiger charge is 2.39. The molecule has 3 heterocycles. The first-order valence-corrected chi connectivity index (χ1v) is 11.3. The molecule has 2 N–H and O–H groups in total. The van der Waals surface area contributed by atoms with Crippen molar-refractivity contribution in [1.29, 1.82) is 0 Å². The average Bonchev–Trinajstić information content (AvgIpc) is 3.40. The Morgan fingerprint density at radius 3 is 2.50 bits per heavy atom. The number of aliphatic hydroxyl groups is 1. The van der Waals surface area contributed by atoms with E-state index in [4.69, 9.17) is 4.74 Å². The van der Waals surface area contributed by atoms with Gasteiger partial charge >= 0.3 is 6.09 Å². The third-order valence-electron chi connectivity index (χ3n) is 6.10. The van der Waals surface area contributed by atoms with Crippen molar-refractivity contribution in [3.05, 3.63) is 53.6 Å². The number of aromatic nitrogens is 2. The standard InChI is InChI=1S/C24H32N4O4/c1-24(2,3)32-23(31)28-15-18(29)13-20(28)21-25-14-19(26-21)22(30)27-11-9-17(10-12-27)16-7-5-4-6-8-16/h4-8,14,17-18,20,29H,9-13,15H2,1-3H3,(H,25,26)/t18-,20+/m1/s1. The summed E-state index contributed by atoms with van der Waals surface area (Å²) < 4.78 is 5.48. The Morgan fingerprint density at radius 2 is 1.84 bits per heavy atom. The molecule has 0 bridgehead atoms. The summed E-state index contributed by atoms with van der Waals surface area (Å²) in [6, 6.07) is 9.97. The van der Waals surface area contributed by atoms with Gasteiger partial charge in [-0.25, -0.2) is 9.78 Å². The largest absolute Gasteiger partial charge is 0.444 e. The molecule has 0 saturated carbocycles. The van der Waals surface area contributed by atoms with Gasteiger partial charge in [-0.15, -0.1) is 0 Å². The van der Waals surface area contributed by atoms with Gasteiger partial charge in [0.25, 0.3) is 5.91 Å². The molecule has 2 aliphatic heterocycles. The minimum absolute atomic E-state index is 0.0855. The van der Waals surface area contributed by atoms with Crippen LogP contribution in [0.2, 0.25) is 0 Å². The van der Waals surface area contributed by atoms with Gasteiger partial charge in [0.05, 0.1) is 24.9 Å². The topological polar surface area (TPSA) is 98.8 Å². The second-order valence-corrected chi connectivity index (χ2v) is 9.70. The maximum Gasteiger partial charge on any atom is 0.411 e. The molecule has 8 heteroatoms. The van der Waals surface area contributed by atoms with Gasteiger partial charge in [-0.1, -0.05) is 30.3 Å². The molecule has 1 aromatic carbocycles. The predicted molar refractivity (Wildman–Crippen MR) is 119 cm³/mol. The van der Waals surface area contributed by atoms with Gasteiger partial charge in [-0.05, 0) is 45.1 Å². The van der Waals surface area contributed by atoms with Crippen molar-refractivity contribution >= 4 is 12.0 Å². The molecule has 8 nitrogen and oxygen atoms in total. The number of piperidine rings is 1. The molecular formula is C24H32N4O4. The number of ether oxygens (including phenoxy) is 1. The van der Waals surface area contributed by atoms with E-state index in [1.165, 1.54) is 16.7 Å². The van der Waals surface area contributed by atoms with Crippen LogP contribution in [0.25, 0.3) is 0 Å². The summed E-state index contributed by atoms with van der Waals surface area (Å²) in [5.41, 5.74) is 1.10. The first-order chi connectivity index (χ1) is 15.2. The Balaban J connectivity index is 1.41. The number of carbonyl (C=O) groups excluding carboxylic acids is 2. The highest BCUT2D eigenvalue weighted by Crippen LogP contribution is 2.32. The number of nitrogens with one attached hydrogen (secondary N) is 1. The van der Waals surface area contributed by atoms with Crippen molar-refractivity contribution in [2.24, 2.45) is 0 Å². The summed E-state index contributed by atoms with van der Waals surface area (Å²) in [7, 11) is 0. The van der Waals surface area contributed by atoms with Gasteiger partial charge < -0.3 is 19.7 Å². The maximum absolute atomic E-state index is 13.0. The Labute approximate surface area is 188 Å². The molecule has 2 amide bonds. The predicted octanol–water partition coefficient (Wildman–Crippen LogP) is 3.47. The first-order valence-electron chi connectivity index (χ1n) is 11.3. The molecule has 172 valence electrons. The molecular weight excluding hydrogens is 408 g/mol. The number of hydrogen-bond donors (Lipinski definition) is 2. The van der Waals surface area contributed by atoms with Gasteiger partial charge in [-0.3, -0.25) is 9.69 Å². The fourth-order valence-corrected chi connectivity index (χ4v) is 4.52. The van der Waals surface area contributed by atoms with Crippen molar-refractivity contribution in [3.8, 4) is 0 Å². The van der Waals surface area contributed by atoms with E-state index in [0.717, 1.165) is 12.8 Å². The summed E-state index contributed by atoms with van der Waals surface area (Å²) in [6.45, 7) is 6.97. The van der Waals surface area contributed by atoms with Crippen molar-refractivity contribution in [2.75, 3.05) is 19.6 Å². The lowest BCUT2D eigenvalue weighted by Crippen LogP contribution is -2.38. The van der Waals surface area contributed by atoms with E-state index >= 15 is 0 Å². The monoisotopic (exact) mass is 440 g/mol. The second-order valence-electron chi connectivity index (χ2n) is 9.70. The fraction of sp³-hybridized carbons (Fsp3) is 0.542. The third-order valence-corrected chi connectivity index (χ3v) is 6.10. The number of hydrogen-bond acceptors (Lipinski definition) is 5. The number of imidazole rings is 1. The number of nitrogens with zero attached hydrogens (tertiary/aromatic N) is 3. The molecule has 2 aliphatic rings. The maximum atomic E-state index is 13.0. The molecule has 0 aliphatic carbocycles. The van der Waals surface area contributed by atoms with E-state index in [2.05, 4.69) is 34.2 Å². The van der Waals surface area contributed by atoms with Gasteiger partial charge in [-0.2, -0.15) is 0 Å². The van der Waals surface area contributed by atoms with E-state index < -0.39 is 23.8 Å². The summed E-state index contributed by atoms with van der Waals surface area (Å²) >= 11 is 0. The van der Waals surface area contributed by atoms with Crippen LogP contribution in [0.4, 0.5) is 4.79 Å². The number of β-amino-alcohol motifs (C(OH)–C–C–N with tert-alkyl or cyclic N) is 1. The summed E-state index contributed by atoms with van der Waals surface area (Å²) in [6.07, 6.45) is 2.58. The molecule has 1 aromatic heterocycles. The number of aliphatic hydroxyl groups excluding tert-OH is 1. The average molecular weight is 441 g/mol. The third kappa shape index (κ3) is 4.96. The van der Waals surface area contributed by atoms with E-state index in [-0.39, 0.29) is 12.5 Å². The molecule has 0 spiro atoms. The molecule has 2 aromatic rings. The number of carbonyl (C=O) groups is 2.